The molecule has 0 spiro atoms. The van der Waals surface area contributed by atoms with Crippen LogP contribution in [0.3, 0.4) is 0 Å². The van der Waals surface area contributed by atoms with Crippen molar-refractivity contribution in [3.63, 3.8) is 0 Å². The molecule has 1 aliphatic heterocycles. The second-order valence-corrected chi connectivity index (χ2v) is 5.54. The average molecular weight is 261 g/mol. The lowest BCUT2D eigenvalue weighted by atomic mass is 9.92. The van der Waals surface area contributed by atoms with Crippen LogP contribution in [0.5, 0.6) is 5.75 Å². The number of likely N-dealkylation sites (tertiary alicyclic amines) is 1. The number of carbonyl (C=O) groups is 1. The van der Waals surface area contributed by atoms with E-state index in [0.29, 0.717) is 5.56 Å². The van der Waals surface area contributed by atoms with Gasteiger partial charge >= 0.3 is 0 Å². The molecule has 1 fully saturated rings. The predicted molar refractivity (Wildman–Crippen MR) is 76.4 cm³/mol. The molecular weight excluding hydrogens is 238 g/mol. The summed E-state index contributed by atoms with van der Waals surface area (Å²) in [6.45, 7) is 5.78. The summed E-state index contributed by atoms with van der Waals surface area (Å²) in [5.74, 6) is 0.822. The Morgan fingerprint density at radius 2 is 2.05 bits per heavy atom. The minimum absolute atomic E-state index is 0.0313. The van der Waals surface area contributed by atoms with Crippen molar-refractivity contribution in [1.29, 1.82) is 0 Å². The first-order chi connectivity index (χ1) is 9.11. The Bertz CT molecular complexity index is 448. The van der Waals surface area contributed by atoms with Crippen LogP contribution in [0.2, 0.25) is 0 Å². The normalized spacial score (nSPS) is 16.6. The highest BCUT2D eigenvalue weighted by molar-refractivity contribution is 5.97. The number of phenolic OH excluding ortho intramolecular Hbond substituents is 1. The molecule has 1 aliphatic rings. The van der Waals surface area contributed by atoms with Crippen molar-refractivity contribution >= 4 is 5.91 Å². The Morgan fingerprint density at radius 3 is 2.68 bits per heavy atom. The molecule has 1 amide bonds. The molecule has 0 atom stereocenters. The Labute approximate surface area is 115 Å². The Morgan fingerprint density at radius 1 is 1.37 bits per heavy atom. The van der Waals surface area contributed by atoms with Gasteiger partial charge in [-0.05, 0) is 37.8 Å². The average Bonchev–Trinajstić information content (AvgIpc) is 2.42. The van der Waals surface area contributed by atoms with Crippen LogP contribution < -0.4 is 0 Å². The molecule has 1 saturated heterocycles. The highest BCUT2D eigenvalue weighted by Crippen LogP contribution is 2.25. The third-order valence-electron chi connectivity index (χ3n) is 3.98. The van der Waals surface area contributed by atoms with Crippen LogP contribution in [-0.2, 0) is 0 Å². The number of phenols is 1. The van der Waals surface area contributed by atoms with Gasteiger partial charge in [-0.3, -0.25) is 4.79 Å². The number of amides is 1. The fourth-order valence-electron chi connectivity index (χ4n) is 2.82. The van der Waals surface area contributed by atoms with E-state index in [1.807, 2.05) is 17.9 Å². The van der Waals surface area contributed by atoms with E-state index in [1.54, 1.807) is 12.1 Å². The molecule has 1 aromatic rings. The smallest absolute Gasteiger partial charge is 0.257 e. The Balaban J connectivity index is 2.03. The zero-order chi connectivity index (χ0) is 13.8. The van der Waals surface area contributed by atoms with Gasteiger partial charge in [0.25, 0.3) is 5.91 Å². The van der Waals surface area contributed by atoms with Crippen LogP contribution in [0.4, 0.5) is 0 Å². The number of hydrogen-bond donors (Lipinski definition) is 1. The van der Waals surface area contributed by atoms with Crippen molar-refractivity contribution in [2.75, 3.05) is 13.1 Å². The summed E-state index contributed by atoms with van der Waals surface area (Å²) in [6.07, 6.45) is 4.66. The molecule has 0 aromatic heterocycles. The van der Waals surface area contributed by atoms with Crippen molar-refractivity contribution in [3.8, 4) is 5.75 Å². The number of aromatic hydroxyl groups is 1. The van der Waals surface area contributed by atoms with E-state index < -0.39 is 0 Å². The van der Waals surface area contributed by atoms with Gasteiger partial charge in [0.2, 0.25) is 0 Å². The van der Waals surface area contributed by atoms with E-state index in [-0.39, 0.29) is 11.7 Å². The molecule has 0 unspecified atom stereocenters. The maximum atomic E-state index is 12.4. The predicted octanol–water partition coefficient (Wildman–Crippen LogP) is 3.35. The lowest BCUT2D eigenvalue weighted by Gasteiger charge is -2.32. The summed E-state index contributed by atoms with van der Waals surface area (Å²) < 4.78 is 0. The molecule has 104 valence electrons. The van der Waals surface area contributed by atoms with Gasteiger partial charge in [-0.2, -0.15) is 0 Å². The molecule has 1 aromatic carbocycles. The second-order valence-electron chi connectivity index (χ2n) is 5.54. The Kier molecular flexibility index (Phi) is 4.46. The molecule has 1 heterocycles. The molecule has 3 nitrogen and oxygen atoms in total. The summed E-state index contributed by atoms with van der Waals surface area (Å²) in [5.41, 5.74) is 1.44. The van der Waals surface area contributed by atoms with Crippen molar-refractivity contribution in [1.82, 2.24) is 4.90 Å². The number of hydrogen-bond acceptors (Lipinski definition) is 2. The fourth-order valence-corrected chi connectivity index (χ4v) is 2.82. The van der Waals surface area contributed by atoms with Gasteiger partial charge in [0.05, 0.1) is 5.56 Å². The first-order valence-corrected chi connectivity index (χ1v) is 7.20. The van der Waals surface area contributed by atoms with E-state index in [2.05, 4.69) is 6.92 Å². The fraction of sp³-hybridized carbons (Fsp3) is 0.562. The van der Waals surface area contributed by atoms with Crippen LogP contribution in [0, 0.1) is 12.8 Å². The zero-order valence-corrected chi connectivity index (χ0v) is 11.9. The topological polar surface area (TPSA) is 40.5 Å². The maximum absolute atomic E-state index is 12.4. The highest BCUT2D eigenvalue weighted by Gasteiger charge is 2.24. The standard InChI is InChI=1S/C16H23NO2/c1-3-4-13-7-9-17(10-8-13)16(19)14-11-12(2)5-6-15(14)18/h5-6,11,13,18H,3-4,7-10H2,1-2H3. The molecule has 2 rings (SSSR count). The number of piperidine rings is 1. The summed E-state index contributed by atoms with van der Waals surface area (Å²) >= 11 is 0. The monoisotopic (exact) mass is 261 g/mol. The quantitative estimate of drug-likeness (QED) is 0.906. The van der Waals surface area contributed by atoms with Crippen molar-refractivity contribution in [2.24, 2.45) is 5.92 Å². The lowest BCUT2D eigenvalue weighted by Crippen LogP contribution is -2.38. The molecule has 0 aliphatic carbocycles. The third kappa shape index (κ3) is 3.28. The molecule has 0 bridgehead atoms. The van der Waals surface area contributed by atoms with Gasteiger partial charge in [-0.1, -0.05) is 31.4 Å². The Hall–Kier alpha value is -1.51. The van der Waals surface area contributed by atoms with Gasteiger partial charge < -0.3 is 10.0 Å². The van der Waals surface area contributed by atoms with Crippen LogP contribution in [0.15, 0.2) is 18.2 Å². The summed E-state index contributed by atoms with van der Waals surface area (Å²) in [4.78, 5) is 14.3. The van der Waals surface area contributed by atoms with Crippen LogP contribution >= 0.6 is 0 Å². The van der Waals surface area contributed by atoms with Gasteiger partial charge in [-0.25, -0.2) is 0 Å². The number of rotatable bonds is 3. The zero-order valence-electron chi connectivity index (χ0n) is 11.9. The third-order valence-corrected chi connectivity index (χ3v) is 3.98. The van der Waals surface area contributed by atoms with Crippen molar-refractivity contribution in [2.45, 2.75) is 39.5 Å². The molecule has 0 radical (unpaired) electrons. The van der Waals surface area contributed by atoms with Crippen molar-refractivity contribution < 1.29 is 9.90 Å². The van der Waals surface area contributed by atoms with Crippen molar-refractivity contribution in [3.05, 3.63) is 29.3 Å². The van der Waals surface area contributed by atoms with Gasteiger partial charge in [-0.15, -0.1) is 0 Å². The van der Waals surface area contributed by atoms with E-state index in [1.165, 1.54) is 12.8 Å². The maximum Gasteiger partial charge on any atom is 0.257 e. The summed E-state index contributed by atoms with van der Waals surface area (Å²) in [5, 5.41) is 9.82. The van der Waals surface area contributed by atoms with Crippen LogP contribution in [0.1, 0.15) is 48.5 Å². The molecular formula is C16H23NO2. The van der Waals surface area contributed by atoms with Crippen LogP contribution in [0.25, 0.3) is 0 Å². The minimum atomic E-state index is -0.0313. The minimum Gasteiger partial charge on any atom is -0.507 e. The number of nitrogens with zero attached hydrogens (tertiary/aromatic N) is 1. The number of benzene rings is 1. The first kappa shape index (κ1) is 13.9. The van der Waals surface area contributed by atoms with E-state index in [0.717, 1.165) is 37.4 Å². The SMILES string of the molecule is CCCC1CCN(C(=O)c2cc(C)ccc2O)CC1. The van der Waals surface area contributed by atoms with Gasteiger partial charge in [0, 0.05) is 13.1 Å². The molecule has 1 N–H and O–H groups in total. The van der Waals surface area contributed by atoms with Gasteiger partial charge in [0.15, 0.2) is 0 Å². The summed E-state index contributed by atoms with van der Waals surface area (Å²) in [7, 11) is 0. The number of aryl methyl sites for hydroxylation is 1. The largest absolute Gasteiger partial charge is 0.507 e. The highest BCUT2D eigenvalue weighted by atomic mass is 16.3. The number of carbonyl (C=O) groups excluding carboxylic acids is 1. The first-order valence-electron chi connectivity index (χ1n) is 7.20. The van der Waals surface area contributed by atoms with E-state index >= 15 is 0 Å². The molecule has 0 saturated carbocycles. The summed E-state index contributed by atoms with van der Waals surface area (Å²) in [6, 6.07) is 5.20. The van der Waals surface area contributed by atoms with E-state index in [9.17, 15) is 9.90 Å². The lowest BCUT2D eigenvalue weighted by molar-refractivity contribution is 0.0683. The van der Waals surface area contributed by atoms with E-state index in [4.69, 9.17) is 0 Å². The molecule has 3 heteroatoms. The molecule has 19 heavy (non-hydrogen) atoms. The van der Waals surface area contributed by atoms with Crippen LogP contribution in [-0.4, -0.2) is 29.0 Å². The van der Waals surface area contributed by atoms with Gasteiger partial charge in [0.1, 0.15) is 5.75 Å². The second kappa shape index (κ2) is 6.09.